The van der Waals surface area contributed by atoms with Crippen LogP contribution in [0.2, 0.25) is 0 Å². The van der Waals surface area contributed by atoms with Crippen molar-refractivity contribution in [2.75, 3.05) is 20.1 Å². The van der Waals surface area contributed by atoms with E-state index < -0.39 is 5.60 Å². The van der Waals surface area contributed by atoms with E-state index in [9.17, 15) is 4.79 Å². The van der Waals surface area contributed by atoms with Crippen molar-refractivity contribution in [2.24, 2.45) is 4.99 Å². The number of guanidine groups is 1. The highest BCUT2D eigenvalue weighted by molar-refractivity contribution is 5.80. The van der Waals surface area contributed by atoms with E-state index in [0.717, 1.165) is 30.4 Å². The van der Waals surface area contributed by atoms with Crippen LogP contribution in [0.3, 0.4) is 0 Å². The highest BCUT2D eigenvalue weighted by Gasteiger charge is 2.28. The van der Waals surface area contributed by atoms with Crippen LogP contribution in [0.5, 0.6) is 0 Å². The lowest BCUT2D eigenvalue weighted by Crippen LogP contribution is -2.44. The van der Waals surface area contributed by atoms with E-state index in [-0.39, 0.29) is 12.1 Å². The van der Waals surface area contributed by atoms with Crippen LogP contribution in [-0.2, 0) is 11.3 Å². The number of aliphatic imine (C=N–C) groups is 1. The highest BCUT2D eigenvalue weighted by Crippen LogP contribution is 2.13. The van der Waals surface area contributed by atoms with Crippen LogP contribution in [-0.4, -0.2) is 53.7 Å². The standard InChI is InChI=1S/C17H29N5O3/c1-11-12(2)24-14(20-11)9-19-15(18-6)22-8-7-13(10-22)21-16(23)25-17(3,4)5/h13H,7-10H2,1-6H3,(H,18,19)(H,21,23). The van der Waals surface area contributed by atoms with Crippen molar-refractivity contribution in [2.45, 2.75) is 59.2 Å². The molecule has 1 amide bonds. The molecular weight excluding hydrogens is 322 g/mol. The summed E-state index contributed by atoms with van der Waals surface area (Å²) in [6.45, 7) is 11.3. The van der Waals surface area contributed by atoms with Crippen molar-refractivity contribution in [3.05, 3.63) is 17.3 Å². The van der Waals surface area contributed by atoms with Crippen LogP contribution in [0.1, 0.15) is 44.5 Å². The number of hydrogen-bond acceptors (Lipinski definition) is 5. The lowest BCUT2D eigenvalue weighted by Gasteiger charge is -2.23. The second-order valence-corrected chi connectivity index (χ2v) is 7.23. The molecule has 0 aromatic carbocycles. The number of alkyl carbamates (subject to hydrolysis) is 1. The van der Waals surface area contributed by atoms with Gasteiger partial charge in [-0.05, 0) is 41.0 Å². The number of nitrogens with one attached hydrogen (secondary N) is 2. The quantitative estimate of drug-likeness (QED) is 0.639. The minimum Gasteiger partial charge on any atom is -0.444 e. The van der Waals surface area contributed by atoms with E-state index in [4.69, 9.17) is 9.15 Å². The number of amides is 1. The van der Waals surface area contributed by atoms with Crippen molar-refractivity contribution in [3.63, 3.8) is 0 Å². The molecule has 0 radical (unpaired) electrons. The van der Waals surface area contributed by atoms with Gasteiger partial charge in [0.2, 0.25) is 5.89 Å². The Bertz CT molecular complexity index is 613. The molecule has 1 unspecified atom stereocenters. The van der Waals surface area contributed by atoms with Crippen molar-refractivity contribution in [1.29, 1.82) is 0 Å². The number of likely N-dealkylation sites (tertiary alicyclic amines) is 1. The summed E-state index contributed by atoms with van der Waals surface area (Å²) in [7, 11) is 1.74. The summed E-state index contributed by atoms with van der Waals surface area (Å²) in [4.78, 5) is 22.6. The fourth-order valence-electron chi connectivity index (χ4n) is 2.65. The summed E-state index contributed by atoms with van der Waals surface area (Å²) in [5, 5.41) is 6.17. The molecule has 25 heavy (non-hydrogen) atoms. The molecule has 2 N–H and O–H groups in total. The lowest BCUT2D eigenvalue weighted by molar-refractivity contribution is 0.0507. The second kappa shape index (κ2) is 7.76. The first-order valence-electron chi connectivity index (χ1n) is 8.56. The Morgan fingerprint density at radius 3 is 2.72 bits per heavy atom. The molecule has 8 nitrogen and oxygen atoms in total. The van der Waals surface area contributed by atoms with Gasteiger partial charge in [-0.25, -0.2) is 9.78 Å². The van der Waals surface area contributed by atoms with Gasteiger partial charge in [0.05, 0.1) is 18.3 Å². The summed E-state index contributed by atoms with van der Waals surface area (Å²) in [5.41, 5.74) is 0.404. The highest BCUT2D eigenvalue weighted by atomic mass is 16.6. The van der Waals surface area contributed by atoms with Gasteiger partial charge in [0, 0.05) is 20.1 Å². The molecule has 1 aromatic rings. The fraction of sp³-hybridized carbons (Fsp3) is 0.706. The number of aromatic nitrogens is 1. The number of rotatable bonds is 3. The fourth-order valence-corrected chi connectivity index (χ4v) is 2.65. The van der Waals surface area contributed by atoms with Gasteiger partial charge in [-0.15, -0.1) is 0 Å². The van der Waals surface area contributed by atoms with Crippen molar-refractivity contribution in [1.82, 2.24) is 20.5 Å². The van der Waals surface area contributed by atoms with Crippen molar-refractivity contribution >= 4 is 12.1 Å². The maximum Gasteiger partial charge on any atom is 0.407 e. The van der Waals surface area contributed by atoms with Gasteiger partial charge in [-0.2, -0.15) is 0 Å². The van der Waals surface area contributed by atoms with Gasteiger partial charge in [0.25, 0.3) is 0 Å². The number of hydrogen-bond donors (Lipinski definition) is 2. The van der Waals surface area contributed by atoms with Gasteiger partial charge in [-0.3, -0.25) is 4.99 Å². The molecule has 0 aliphatic carbocycles. The molecule has 140 valence electrons. The van der Waals surface area contributed by atoms with Crippen LogP contribution < -0.4 is 10.6 Å². The van der Waals surface area contributed by atoms with Crippen molar-refractivity contribution in [3.8, 4) is 0 Å². The SMILES string of the molecule is CN=C(NCc1nc(C)c(C)o1)N1CCC(NC(=O)OC(C)(C)C)C1. The van der Waals surface area contributed by atoms with Crippen LogP contribution in [0, 0.1) is 13.8 Å². The van der Waals surface area contributed by atoms with E-state index in [0.29, 0.717) is 19.0 Å². The molecule has 0 bridgehead atoms. The summed E-state index contributed by atoms with van der Waals surface area (Å²) in [6, 6.07) is 0.0413. The maximum atomic E-state index is 11.9. The lowest BCUT2D eigenvalue weighted by atomic mass is 10.2. The molecule has 1 aliphatic rings. The van der Waals surface area contributed by atoms with E-state index in [1.54, 1.807) is 7.05 Å². The van der Waals surface area contributed by atoms with E-state index in [1.807, 2.05) is 34.6 Å². The average Bonchev–Trinajstić information content (AvgIpc) is 3.05. The number of aryl methyl sites for hydroxylation is 2. The van der Waals surface area contributed by atoms with Gasteiger partial charge < -0.3 is 24.7 Å². The Morgan fingerprint density at radius 1 is 1.44 bits per heavy atom. The molecule has 2 rings (SSSR count). The summed E-state index contributed by atoms with van der Waals surface area (Å²) >= 11 is 0. The van der Waals surface area contributed by atoms with E-state index in [2.05, 4.69) is 25.5 Å². The zero-order chi connectivity index (χ0) is 18.6. The average molecular weight is 351 g/mol. The monoisotopic (exact) mass is 351 g/mol. The Balaban J connectivity index is 1.83. The topological polar surface area (TPSA) is 92.0 Å². The van der Waals surface area contributed by atoms with Gasteiger partial charge >= 0.3 is 6.09 Å². The molecule has 0 saturated carbocycles. The van der Waals surface area contributed by atoms with Crippen LogP contribution in [0.15, 0.2) is 9.41 Å². The number of carbonyl (C=O) groups excluding carboxylic acids is 1. The summed E-state index contributed by atoms with van der Waals surface area (Å²) in [6.07, 6.45) is 0.463. The molecule has 1 aromatic heterocycles. The van der Waals surface area contributed by atoms with E-state index in [1.165, 1.54) is 0 Å². The predicted molar refractivity (Wildman–Crippen MR) is 95.5 cm³/mol. The number of nitrogens with zero attached hydrogens (tertiary/aromatic N) is 3. The van der Waals surface area contributed by atoms with Gasteiger partial charge in [0.1, 0.15) is 11.4 Å². The third-order valence-electron chi connectivity index (χ3n) is 3.89. The summed E-state index contributed by atoms with van der Waals surface area (Å²) < 4.78 is 10.9. The van der Waals surface area contributed by atoms with Crippen LogP contribution >= 0.6 is 0 Å². The third-order valence-corrected chi connectivity index (χ3v) is 3.89. The van der Waals surface area contributed by atoms with Crippen LogP contribution in [0.25, 0.3) is 0 Å². The third kappa shape index (κ3) is 5.65. The molecule has 1 aliphatic heterocycles. The number of oxazole rings is 1. The Kier molecular flexibility index (Phi) is 5.92. The Hall–Kier alpha value is -2.25. The van der Waals surface area contributed by atoms with Crippen LogP contribution in [0.4, 0.5) is 4.79 Å². The number of ether oxygens (including phenoxy) is 1. The predicted octanol–water partition coefficient (Wildman–Crippen LogP) is 1.97. The number of carbonyl (C=O) groups is 1. The minimum atomic E-state index is -0.494. The molecule has 8 heteroatoms. The molecule has 2 heterocycles. The minimum absolute atomic E-state index is 0.0413. The van der Waals surface area contributed by atoms with Gasteiger partial charge in [0.15, 0.2) is 5.96 Å². The molecule has 1 saturated heterocycles. The second-order valence-electron chi connectivity index (χ2n) is 7.23. The zero-order valence-electron chi connectivity index (χ0n) is 16.0. The molecular formula is C17H29N5O3. The van der Waals surface area contributed by atoms with E-state index >= 15 is 0 Å². The molecule has 1 fully saturated rings. The zero-order valence-corrected chi connectivity index (χ0v) is 16.0. The molecule has 1 atom stereocenters. The first kappa shape index (κ1) is 19.1. The first-order chi connectivity index (χ1) is 11.7. The Morgan fingerprint density at radius 2 is 2.16 bits per heavy atom. The normalized spacial score (nSPS) is 18.4. The maximum absolute atomic E-state index is 11.9. The first-order valence-corrected chi connectivity index (χ1v) is 8.56. The Labute approximate surface area is 149 Å². The smallest absolute Gasteiger partial charge is 0.407 e. The van der Waals surface area contributed by atoms with Crippen molar-refractivity contribution < 1.29 is 13.9 Å². The summed E-state index contributed by atoms with van der Waals surface area (Å²) in [5.74, 6) is 2.23. The largest absolute Gasteiger partial charge is 0.444 e. The van der Waals surface area contributed by atoms with Gasteiger partial charge in [-0.1, -0.05) is 0 Å². The molecule has 0 spiro atoms.